The zero-order valence-corrected chi connectivity index (χ0v) is 14.2. The summed E-state index contributed by atoms with van der Waals surface area (Å²) in [5.41, 5.74) is 0.383. The largest absolute Gasteiger partial charge is 0.333 e. The second kappa shape index (κ2) is 6.28. The fourth-order valence-corrected chi connectivity index (χ4v) is 4.12. The van der Waals surface area contributed by atoms with Gasteiger partial charge in [0.25, 0.3) is 5.91 Å². The van der Waals surface area contributed by atoms with Crippen molar-refractivity contribution in [3.05, 3.63) is 20.3 Å². The van der Waals surface area contributed by atoms with Gasteiger partial charge in [0.05, 0.1) is 14.7 Å². The summed E-state index contributed by atoms with van der Waals surface area (Å²) in [5.74, 6) is 0.576. The number of hydrogen-bond donors (Lipinski definition) is 1. The lowest BCUT2D eigenvalue weighted by molar-refractivity contribution is 0.0895. The van der Waals surface area contributed by atoms with Crippen molar-refractivity contribution >= 4 is 33.2 Å². The first kappa shape index (κ1) is 15.5. The molecule has 0 bridgehead atoms. The molecule has 2 rings (SSSR count). The number of carbonyl (C=O) groups is 1. The van der Waals surface area contributed by atoms with E-state index in [4.69, 9.17) is 0 Å². The van der Waals surface area contributed by atoms with Gasteiger partial charge in [-0.25, -0.2) is 0 Å². The second-order valence-electron chi connectivity index (χ2n) is 5.57. The zero-order valence-electron chi connectivity index (χ0n) is 11.8. The Labute approximate surface area is 132 Å². The molecule has 1 aromatic heterocycles. The molecule has 0 unspecified atom stereocenters. The lowest BCUT2D eigenvalue weighted by Gasteiger charge is -2.35. The number of carbonyl (C=O) groups excluding carboxylic acids is 1. The van der Waals surface area contributed by atoms with Crippen molar-refractivity contribution < 1.29 is 4.79 Å². The third-order valence-electron chi connectivity index (χ3n) is 4.18. The molecule has 0 atom stereocenters. The molecule has 1 saturated carbocycles. The average Bonchev–Trinajstić information content (AvgIpc) is 2.79. The molecule has 0 radical (unpaired) electrons. The molecule has 1 heterocycles. The van der Waals surface area contributed by atoms with Gasteiger partial charge in [-0.05, 0) is 66.1 Å². The van der Waals surface area contributed by atoms with Crippen molar-refractivity contribution in [3.8, 4) is 6.07 Å². The van der Waals surface area contributed by atoms with Gasteiger partial charge in [-0.3, -0.25) is 4.79 Å². The van der Waals surface area contributed by atoms with E-state index in [0.717, 1.165) is 41.5 Å². The molecule has 0 spiro atoms. The van der Waals surface area contributed by atoms with Gasteiger partial charge in [-0.1, -0.05) is 13.3 Å². The predicted molar refractivity (Wildman–Crippen MR) is 84.8 cm³/mol. The van der Waals surface area contributed by atoms with Gasteiger partial charge in [0.1, 0.15) is 5.54 Å². The van der Waals surface area contributed by atoms with E-state index in [-0.39, 0.29) is 5.91 Å². The second-order valence-corrected chi connectivity index (χ2v) is 7.94. The molecule has 1 N–H and O–H groups in total. The third-order valence-corrected chi connectivity index (χ3v) is 6.32. The van der Waals surface area contributed by atoms with Crippen molar-refractivity contribution in [3.63, 3.8) is 0 Å². The normalized spacial score (nSPS) is 26.0. The van der Waals surface area contributed by atoms with Crippen LogP contribution in [0.4, 0.5) is 0 Å². The fourth-order valence-electron chi connectivity index (χ4n) is 2.69. The van der Waals surface area contributed by atoms with E-state index in [1.807, 2.05) is 13.0 Å². The first-order valence-corrected chi connectivity index (χ1v) is 8.60. The van der Waals surface area contributed by atoms with Crippen molar-refractivity contribution in [1.82, 2.24) is 5.32 Å². The molecular formula is C15H19BrN2OS. The van der Waals surface area contributed by atoms with Gasteiger partial charge in [-0.2, -0.15) is 5.26 Å². The third kappa shape index (κ3) is 3.24. The number of nitrogens with one attached hydrogen (secondary N) is 1. The Morgan fingerprint density at radius 1 is 1.60 bits per heavy atom. The molecule has 108 valence electrons. The summed E-state index contributed by atoms with van der Waals surface area (Å²) in [7, 11) is 0. The minimum Gasteiger partial charge on any atom is -0.333 e. The van der Waals surface area contributed by atoms with Crippen LogP contribution in [0.2, 0.25) is 0 Å². The molecule has 1 aromatic rings. The molecule has 1 fully saturated rings. The topological polar surface area (TPSA) is 52.9 Å². The van der Waals surface area contributed by atoms with E-state index < -0.39 is 5.54 Å². The number of halogens is 1. The molecule has 5 heteroatoms. The molecular weight excluding hydrogens is 336 g/mol. The first-order valence-electron chi connectivity index (χ1n) is 6.99. The van der Waals surface area contributed by atoms with Gasteiger partial charge in [0.2, 0.25) is 0 Å². The Morgan fingerprint density at radius 3 is 2.70 bits per heavy atom. The molecule has 1 aliphatic carbocycles. The van der Waals surface area contributed by atoms with Crippen LogP contribution in [0.5, 0.6) is 0 Å². The standard InChI is InChI=1S/C15H19BrN2OS/c1-3-11-4-6-15(9-17,7-5-11)18-14(19)12-8-10(2)13(16)20-12/h8,11H,3-7H2,1-2H3,(H,18,19). The SMILES string of the molecule is CCC1CCC(C#N)(NC(=O)c2cc(C)c(Br)s2)CC1. The van der Waals surface area contributed by atoms with Crippen LogP contribution in [0.25, 0.3) is 0 Å². The monoisotopic (exact) mass is 354 g/mol. The smallest absolute Gasteiger partial charge is 0.262 e. The number of nitrogens with zero attached hydrogens (tertiary/aromatic N) is 1. The quantitative estimate of drug-likeness (QED) is 0.873. The highest BCUT2D eigenvalue weighted by atomic mass is 79.9. The minimum absolute atomic E-state index is 0.125. The summed E-state index contributed by atoms with van der Waals surface area (Å²) in [6, 6.07) is 4.21. The Morgan fingerprint density at radius 2 is 2.25 bits per heavy atom. The van der Waals surface area contributed by atoms with Crippen LogP contribution in [-0.2, 0) is 0 Å². The van der Waals surface area contributed by atoms with E-state index in [9.17, 15) is 10.1 Å². The maximum absolute atomic E-state index is 12.3. The summed E-state index contributed by atoms with van der Waals surface area (Å²) in [6.07, 6.45) is 4.74. The van der Waals surface area contributed by atoms with Crippen LogP contribution in [0, 0.1) is 24.2 Å². The van der Waals surface area contributed by atoms with Crippen molar-refractivity contribution in [2.75, 3.05) is 0 Å². The highest BCUT2D eigenvalue weighted by molar-refractivity contribution is 9.11. The lowest BCUT2D eigenvalue weighted by atomic mass is 9.76. The van der Waals surface area contributed by atoms with Crippen LogP contribution in [0.1, 0.15) is 54.3 Å². The van der Waals surface area contributed by atoms with Gasteiger partial charge in [-0.15, -0.1) is 11.3 Å². The Kier molecular flexibility index (Phi) is 4.87. The number of aryl methyl sites for hydroxylation is 1. The summed E-state index contributed by atoms with van der Waals surface area (Å²) in [4.78, 5) is 13.0. The maximum Gasteiger partial charge on any atom is 0.262 e. The Balaban J connectivity index is 2.07. The number of rotatable bonds is 3. The minimum atomic E-state index is -0.673. The maximum atomic E-state index is 12.3. The molecule has 0 aromatic carbocycles. The number of nitriles is 1. The molecule has 0 aliphatic heterocycles. The van der Waals surface area contributed by atoms with Crippen LogP contribution in [-0.4, -0.2) is 11.4 Å². The molecule has 0 saturated heterocycles. The fraction of sp³-hybridized carbons (Fsp3) is 0.600. The van der Waals surface area contributed by atoms with Crippen molar-refractivity contribution in [2.24, 2.45) is 5.92 Å². The average molecular weight is 355 g/mol. The highest BCUT2D eigenvalue weighted by Gasteiger charge is 2.36. The van der Waals surface area contributed by atoms with Crippen LogP contribution < -0.4 is 5.32 Å². The molecule has 3 nitrogen and oxygen atoms in total. The molecule has 1 amide bonds. The van der Waals surface area contributed by atoms with E-state index in [2.05, 4.69) is 34.2 Å². The van der Waals surface area contributed by atoms with Gasteiger partial charge in [0.15, 0.2) is 0 Å². The van der Waals surface area contributed by atoms with Crippen LogP contribution in [0.3, 0.4) is 0 Å². The lowest BCUT2D eigenvalue weighted by Crippen LogP contribution is -2.49. The summed E-state index contributed by atoms with van der Waals surface area (Å²) >= 11 is 4.85. The van der Waals surface area contributed by atoms with Crippen molar-refractivity contribution in [2.45, 2.75) is 51.5 Å². The predicted octanol–water partition coefficient (Wildman–Crippen LogP) is 4.41. The number of amides is 1. The van der Waals surface area contributed by atoms with E-state index in [1.54, 1.807) is 0 Å². The number of thiophene rings is 1. The van der Waals surface area contributed by atoms with Crippen molar-refractivity contribution in [1.29, 1.82) is 5.26 Å². The Hall–Kier alpha value is -0.860. The van der Waals surface area contributed by atoms with E-state index >= 15 is 0 Å². The first-order chi connectivity index (χ1) is 9.49. The molecule has 20 heavy (non-hydrogen) atoms. The zero-order chi connectivity index (χ0) is 14.8. The van der Waals surface area contributed by atoms with E-state index in [0.29, 0.717) is 10.8 Å². The van der Waals surface area contributed by atoms with Gasteiger partial charge in [0, 0.05) is 0 Å². The van der Waals surface area contributed by atoms with Crippen LogP contribution >= 0.6 is 27.3 Å². The van der Waals surface area contributed by atoms with Crippen LogP contribution in [0.15, 0.2) is 9.85 Å². The summed E-state index contributed by atoms with van der Waals surface area (Å²) in [6.45, 7) is 4.15. The highest BCUT2D eigenvalue weighted by Crippen LogP contribution is 2.34. The summed E-state index contributed by atoms with van der Waals surface area (Å²) < 4.78 is 0.975. The van der Waals surface area contributed by atoms with Gasteiger partial charge < -0.3 is 5.32 Å². The van der Waals surface area contributed by atoms with E-state index in [1.165, 1.54) is 11.3 Å². The molecule has 1 aliphatic rings. The number of hydrogen-bond acceptors (Lipinski definition) is 3. The Bertz CT molecular complexity index is 519. The van der Waals surface area contributed by atoms with Gasteiger partial charge >= 0.3 is 0 Å². The summed E-state index contributed by atoms with van der Waals surface area (Å²) in [5, 5.41) is 12.5.